The van der Waals surface area contributed by atoms with E-state index >= 15 is 0 Å². The predicted octanol–water partition coefficient (Wildman–Crippen LogP) is 5.37. The van der Waals surface area contributed by atoms with Crippen LogP contribution in [0.1, 0.15) is 60.8 Å². The first kappa shape index (κ1) is 24.5. The van der Waals surface area contributed by atoms with Gasteiger partial charge in [-0.15, -0.1) is 0 Å². The van der Waals surface area contributed by atoms with Gasteiger partial charge in [0.25, 0.3) is 0 Å². The molecule has 4 rings (SSSR count). The van der Waals surface area contributed by atoms with Gasteiger partial charge in [-0.2, -0.15) is 0 Å². The van der Waals surface area contributed by atoms with Crippen molar-refractivity contribution in [2.75, 3.05) is 6.54 Å². The molecule has 3 aromatic rings. The molecule has 1 amide bonds. The smallest absolute Gasteiger partial charge is 0.407 e. The van der Waals surface area contributed by atoms with Crippen LogP contribution in [-0.4, -0.2) is 18.6 Å². The Kier molecular flexibility index (Phi) is 8.19. The summed E-state index contributed by atoms with van der Waals surface area (Å²) in [6, 6.07) is 13.2. The van der Waals surface area contributed by atoms with Crippen LogP contribution >= 0.6 is 0 Å². The van der Waals surface area contributed by atoms with E-state index in [2.05, 4.69) is 5.32 Å². The van der Waals surface area contributed by atoms with Crippen molar-refractivity contribution < 1.29 is 23.5 Å². The average molecular weight is 478 g/mol. The topological polar surface area (TPSA) is 94.8 Å². The highest BCUT2D eigenvalue weighted by molar-refractivity contribution is 5.87. The third-order valence-corrected chi connectivity index (χ3v) is 6.35. The molecule has 0 aliphatic heterocycles. The molecule has 184 valence electrons. The van der Waals surface area contributed by atoms with Gasteiger partial charge in [-0.25, -0.2) is 9.59 Å². The fourth-order valence-corrected chi connectivity index (χ4v) is 4.44. The summed E-state index contributed by atoms with van der Waals surface area (Å²) in [6.45, 7) is 2.53. The van der Waals surface area contributed by atoms with Crippen molar-refractivity contribution in [1.82, 2.24) is 5.32 Å². The van der Waals surface area contributed by atoms with Gasteiger partial charge in [-0.05, 0) is 68.7 Å². The van der Waals surface area contributed by atoms with Crippen LogP contribution in [0.2, 0.25) is 0 Å². The Bertz CT molecular complexity index is 1250. The lowest BCUT2D eigenvalue weighted by atomic mass is 9.90. The lowest BCUT2D eigenvalue weighted by Gasteiger charge is -2.17. The van der Waals surface area contributed by atoms with Crippen molar-refractivity contribution in [2.24, 2.45) is 0 Å². The van der Waals surface area contributed by atoms with Crippen molar-refractivity contribution in [3.8, 4) is 5.75 Å². The number of nitrogens with one attached hydrogen (secondary N) is 1. The van der Waals surface area contributed by atoms with Crippen LogP contribution < -0.4 is 15.7 Å². The van der Waals surface area contributed by atoms with Crippen LogP contribution in [0.5, 0.6) is 5.75 Å². The maximum atomic E-state index is 12.4. The van der Waals surface area contributed by atoms with Gasteiger partial charge < -0.3 is 19.2 Å². The van der Waals surface area contributed by atoms with Crippen LogP contribution in [0.25, 0.3) is 11.0 Å². The summed E-state index contributed by atoms with van der Waals surface area (Å²) in [6.07, 6.45) is 5.67. The van der Waals surface area contributed by atoms with Crippen LogP contribution in [0.3, 0.4) is 0 Å². The first-order valence-electron chi connectivity index (χ1n) is 12.3. The van der Waals surface area contributed by atoms with E-state index in [1.54, 1.807) is 6.07 Å². The fraction of sp³-hybridized carbons (Fsp3) is 0.393. The average Bonchev–Trinajstić information content (AvgIpc) is 2.88. The predicted molar refractivity (Wildman–Crippen MR) is 133 cm³/mol. The van der Waals surface area contributed by atoms with Crippen LogP contribution in [0.4, 0.5) is 4.79 Å². The van der Waals surface area contributed by atoms with Gasteiger partial charge in [-0.3, -0.25) is 4.79 Å². The zero-order valence-corrected chi connectivity index (χ0v) is 20.1. The largest absolute Gasteiger partial charge is 0.445 e. The molecular weight excluding hydrogens is 446 g/mol. The van der Waals surface area contributed by atoms with E-state index in [1.807, 2.05) is 43.3 Å². The number of hydrogen-bond acceptors (Lipinski definition) is 6. The summed E-state index contributed by atoms with van der Waals surface area (Å²) in [5, 5.41) is 3.65. The van der Waals surface area contributed by atoms with Crippen molar-refractivity contribution >= 4 is 23.0 Å². The van der Waals surface area contributed by atoms with Gasteiger partial charge in [0.15, 0.2) is 0 Å². The van der Waals surface area contributed by atoms with Crippen LogP contribution in [0.15, 0.2) is 51.7 Å². The van der Waals surface area contributed by atoms with Gasteiger partial charge in [0.2, 0.25) is 0 Å². The summed E-state index contributed by atoms with van der Waals surface area (Å²) in [7, 11) is 0. The van der Waals surface area contributed by atoms with Crippen molar-refractivity contribution in [3.05, 3.63) is 75.1 Å². The Hall–Kier alpha value is -3.61. The van der Waals surface area contributed by atoms with Crippen LogP contribution in [-0.2, 0) is 29.0 Å². The molecule has 7 heteroatoms. The van der Waals surface area contributed by atoms with Crippen LogP contribution in [0, 0.1) is 6.92 Å². The molecule has 1 N–H and O–H groups in total. The second kappa shape index (κ2) is 11.7. The van der Waals surface area contributed by atoms with E-state index in [4.69, 9.17) is 13.9 Å². The molecule has 0 atom stereocenters. The Labute approximate surface area is 204 Å². The molecule has 1 aromatic heterocycles. The SMILES string of the molecule is Cc1c(OC(=O)CCCCCNC(=O)OCc2ccccc2)ccc2c3c(c(=O)oc12)CCCC3. The summed E-state index contributed by atoms with van der Waals surface area (Å²) >= 11 is 0. The summed E-state index contributed by atoms with van der Waals surface area (Å²) in [5.41, 5.74) is 3.68. The highest BCUT2D eigenvalue weighted by Crippen LogP contribution is 2.32. The van der Waals surface area contributed by atoms with Crippen molar-refractivity contribution in [3.63, 3.8) is 0 Å². The maximum absolute atomic E-state index is 12.4. The Balaban J connectivity index is 1.20. The normalized spacial score (nSPS) is 12.7. The third-order valence-electron chi connectivity index (χ3n) is 6.35. The van der Waals surface area contributed by atoms with E-state index in [9.17, 15) is 14.4 Å². The second-order valence-corrected chi connectivity index (χ2v) is 8.89. The number of alkyl carbamates (subject to hydrolysis) is 1. The number of carbonyl (C=O) groups excluding carboxylic acids is 2. The van der Waals surface area contributed by atoms with E-state index < -0.39 is 6.09 Å². The maximum Gasteiger partial charge on any atom is 0.407 e. The molecule has 0 spiro atoms. The van der Waals surface area contributed by atoms with Gasteiger partial charge in [0.05, 0.1) is 0 Å². The number of esters is 1. The Morgan fingerprint density at radius 2 is 1.74 bits per heavy atom. The quantitative estimate of drug-likeness (QED) is 0.193. The molecule has 7 nitrogen and oxygen atoms in total. The minimum atomic E-state index is -0.451. The molecule has 0 unspecified atom stereocenters. The molecule has 0 saturated heterocycles. The van der Waals surface area contributed by atoms with Gasteiger partial charge in [0.1, 0.15) is 17.9 Å². The van der Waals surface area contributed by atoms with E-state index in [0.717, 1.165) is 60.6 Å². The molecule has 1 aliphatic carbocycles. The lowest BCUT2D eigenvalue weighted by molar-refractivity contribution is -0.134. The number of amides is 1. The Morgan fingerprint density at radius 1 is 0.971 bits per heavy atom. The van der Waals surface area contributed by atoms with Crippen molar-refractivity contribution in [2.45, 2.75) is 64.9 Å². The molecule has 0 saturated carbocycles. The molecular formula is C28H31NO6. The zero-order chi connectivity index (χ0) is 24.6. The van der Waals surface area contributed by atoms with Gasteiger partial charge in [-0.1, -0.05) is 36.8 Å². The van der Waals surface area contributed by atoms with E-state index in [-0.39, 0.29) is 24.6 Å². The zero-order valence-electron chi connectivity index (χ0n) is 20.1. The minimum Gasteiger partial charge on any atom is -0.445 e. The number of carbonyl (C=O) groups is 2. The summed E-state index contributed by atoms with van der Waals surface area (Å²) in [4.78, 5) is 36.5. The standard InChI is InChI=1S/C28H31NO6/c1-19-24(16-15-22-21-12-7-8-13-23(21)27(31)35-26(19)22)34-25(30)14-6-3-9-17-29-28(32)33-18-20-10-4-2-5-11-20/h2,4-5,10-11,15-16H,3,6-9,12-14,17-18H2,1H3,(H,29,32). The molecule has 1 aliphatic rings. The number of hydrogen-bond donors (Lipinski definition) is 1. The first-order valence-corrected chi connectivity index (χ1v) is 12.3. The third kappa shape index (κ3) is 6.29. The molecule has 35 heavy (non-hydrogen) atoms. The monoisotopic (exact) mass is 477 g/mol. The number of rotatable bonds is 9. The fourth-order valence-electron chi connectivity index (χ4n) is 4.44. The lowest BCUT2D eigenvalue weighted by Crippen LogP contribution is -2.25. The molecule has 2 aromatic carbocycles. The van der Waals surface area contributed by atoms with Crippen molar-refractivity contribution in [1.29, 1.82) is 0 Å². The minimum absolute atomic E-state index is 0.235. The number of benzene rings is 2. The second-order valence-electron chi connectivity index (χ2n) is 8.89. The van der Waals surface area contributed by atoms with Gasteiger partial charge >= 0.3 is 17.7 Å². The molecule has 0 radical (unpaired) electrons. The number of ether oxygens (including phenoxy) is 2. The van der Waals surface area contributed by atoms with E-state index in [1.165, 1.54) is 0 Å². The highest BCUT2D eigenvalue weighted by atomic mass is 16.5. The molecule has 0 fully saturated rings. The van der Waals surface area contributed by atoms with Gasteiger partial charge in [0, 0.05) is 29.5 Å². The highest BCUT2D eigenvalue weighted by Gasteiger charge is 2.20. The number of aryl methyl sites for hydroxylation is 2. The molecule has 1 heterocycles. The van der Waals surface area contributed by atoms with E-state index in [0.29, 0.717) is 29.9 Å². The first-order chi connectivity index (χ1) is 17.0. The number of unbranched alkanes of at least 4 members (excludes halogenated alkanes) is 2. The summed E-state index contributed by atoms with van der Waals surface area (Å²) in [5.74, 6) is 0.0900. The number of fused-ring (bicyclic) bond motifs is 3. The molecule has 0 bridgehead atoms. The summed E-state index contributed by atoms with van der Waals surface area (Å²) < 4.78 is 16.3. The Morgan fingerprint density at radius 3 is 2.54 bits per heavy atom.